The molecule has 0 bridgehead atoms. The van der Waals surface area contributed by atoms with Crippen LogP contribution >= 0.6 is 0 Å². The highest BCUT2D eigenvalue weighted by Crippen LogP contribution is 2.35. The molecule has 1 aliphatic rings. The molecular formula is C23H28N2O2. The van der Waals surface area contributed by atoms with Crippen LogP contribution in [0.1, 0.15) is 49.6 Å². The fourth-order valence-electron chi connectivity index (χ4n) is 3.87. The third-order valence-electron chi connectivity index (χ3n) is 5.19. The normalized spacial score (nSPS) is 16.3. The van der Waals surface area contributed by atoms with Crippen molar-refractivity contribution in [2.45, 2.75) is 39.2 Å². The number of unbranched alkanes of at least 4 members (excludes halogenated alkanes) is 1. The first-order valence-electron chi connectivity index (χ1n) is 10.0. The second kappa shape index (κ2) is 8.05. The molecule has 1 unspecified atom stereocenters. The van der Waals surface area contributed by atoms with E-state index in [2.05, 4.69) is 47.6 Å². The first-order chi connectivity index (χ1) is 13.3. The lowest BCUT2D eigenvalue weighted by atomic mass is 9.94. The van der Waals surface area contributed by atoms with E-state index in [0.717, 1.165) is 43.9 Å². The van der Waals surface area contributed by atoms with Crippen molar-refractivity contribution < 1.29 is 9.47 Å². The summed E-state index contributed by atoms with van der Waals surface area (Å²) in [6, 6.07) is 15.0. The van der Waals surface area contributed by atoms with Gasteiger partial charge in [0.25, 0.3) is 0 Å². The number of hydrogen-bond acceptors (Lipinski definition) is 3. The largest absolute Gasteiger partial charge is 0.494 e. The van der Waals surface area contributed by atoms with Crippen molar-refractivity contribution in [2.24, 2.45) is 0 Å². The van der Waals surface area contributed by atoms with Crippen LogP contribution in [0.5, 0.6) is 11.5 Å². The van der Waals surface area contributed by atoms with E-state index in [-0.39, 0.29) is 6.04 Å². The van der Waals surface area contributed by atoms with E-state index < -0.39 is 0 Å². The van der Waals surface area contributed by atoms with Crippen LogP contribution in [0.15, 0.2) is 42.5 Å². The van der Waals surface area contributed by atoms with E-state index >= 15 is 0 Å². The number of aromatic amines is 1. The number of H-pyrrole nitrogens is 1. The zero-order valence-electron chi connectivity index (χ0n) is 16.2. The zero-order chi connectivity index (χ0) is 18.6. The molecule has 3 aromatic rings. The second-order valence-corrected chi connectivity index (χ2v) is 7.07. The summed E-state index contributed by atoms with van der Waals surface area (Å²) in [6.45, 7) is 6.62. The van der Waals surface area contributed by atoms with Crippen molar-refractivity contribution in [3.63, 3.8) is 0 Å². The quantitative estimate of drug-likeness (QED) is 0.581. The number of rotatable bonds is 7. The molecule has 0 amide bonds. The number of aromatic nitrogens is 1. The Morgan fingerprint density at radius 2 is 1.93 bits per heavy atom. The highest BCUT2D eigenvalue weighted by atomic mass is 16.5. The average molecular weight is 364 g/mol. The zero-order valence-corrected chi connectivity index (χ0v) is 16.2. The van der Waals surface area contributed by atoms with Crippen molar-refractivity contribution in [3.8, 4) is 11.5 Å². The Morgan fingerprint density at radius 1 is 1.04 bits per heavy atom. The van der Waals surface area contributed by atoms with E-state index in [1.807, 2.05) is 19.1 Å². The molecule has 2 N–H and O–H groups in total. The van der Waals surface area contributed by atoms with Gasteiger partial charge < -0.3 is 19.8 Å². The lowest BCUT2D eigenvalue weighted by Gasteiger charge is -2.25. The van der Waals surface area contributed by atoms with Gasteiger partial charge in [0.2, 0.25) is 0 Å². The average Bonchev–Trinajstić information content (AvgIpc) is 3.07. The molecule has 2 heterocycles. The van der Waals surface area contributed by atoms with Crippen LogP contribution in [0.3, 0.4) is 0 Å². The third-order valence-corrected chi connectivity index (χ3v) is 5.19. The fourth-order valence-corrected chi connectivity index (χ4v) is 3.87. The van der Waals surface area contributed by atoms with Crippen molar-refractivity contribution in [2.75, 3.05) is 19.8 Å². The van der Waals surface area contributed by atoms with Gasteiger partial charge in [0.1, 0.15) is 11.5 Å². The van der Waals surface area contributed by atoms with Crippen molar-refractivity contribution in [1.82, 2.24) is 10.3 Å². The molecule has 142 valence electrons. The van der Waals surface area contributed by atoms with Gasteiger partial charge in [-0.05, 0) is 61.2 Å². The Kier molecular flexibility index (Phi) is 5.35. The van der Waals surface area contributed by atoms with Crippen LogP contribution in [-0.4, -0.2) is 24.7 Å². The molecule has 0 spiro atoms. The summed E-state index contributed by atoms with van der Waals surface area (Å²) in [4.78, 5) is 3.65. The lowest BCUT2D eigenvalue weighted by molar-refractivity contribution is 0.309. The summed E-state index contributed by atoms with van der Waals surface area (Å²) in [6.07, 6.45) is 3.25. The van der Waals surface area contributed by atoms with Gasteiger partial charge in [-0.25, -0.2) is 0 Å². The van der Waals surface area contributed by atoms with E-state index in [1.54, 1.807) is 0 Å². The minimum Gasteiger partial charge on any atom is -0.494 e. The standard InChI is InChI=1S/C23H28N2O2/c1-3-5-13-27-17-8-6-7-16(14-17)22-23-19(11-12-24-22)20-15-18(26-4-2)9-10-21(20)25-23/h6-10,14-15,22,24-25H,3-5,11-13H2,1-2H3. The molecule has 0 saturated carbocycles. The highest BCUT2D eigenvalue weighted by molar-refractivity contribution is 5.86. The molecule has 4 rings (SSSR count). The van der Waals surface area contributed by atoms with Crippen molar-refractivity contribution in [3.05, 3.63) is 59.3 Å². The summed E-state index contributed by atoms with van der Waals surface area (Å²) in [5.41, 5.74) is 5.07. The van der Waals surface area contributed by atoms with Gasteiger partial charge >= 0.3 is 0 Å². The second-order valence-electron chi connectivity index (χ2n) is 7.07. The van der Waals surface area contributed by atoms with Crippen LogP contribution in [-0.2, 0) is 6.42 Å². The minimum absolute atomic E-state index is 0.159. The van der Waals surface area contributed by atoms with Gasteiger partial charge in [0.15, 0.2) is 0 Å². The smallest absolute Gasteiger partial charge is 0.120 e. The number of ether oxygens (including phenoxy) is 2. The van der Waals surface area contributed by atoms with Gasteiger partial charge in [-0.2, -0.15) is 0 Å². The van der Waals surface area contributed by atoms with Crippen LogP contribution in [0, 0.1) is 0 Å². The molecule has 1 aliphatic heterocycles. The highest BCUT2D eigenvalue weighted by Gasteiger charge is 2.25. The summed E-state index contributed by atoms with van der Waals surface area (Å²) in [7, 11) is 0. The van der Waals surface area contributed by atoms with E-state index in [4.69, 9.17) is 9.47 Å². The van der Waals surface area contributed by atoms with Gasteiger partial charge in [-0.15, -0.1) is 0 Å². The number of benzene rings is 2. The summed E-state index contributed by atoms with van der Waals surface area (Å²) in [5.74, 6) is 1.89. The summed E-state index contributed by atoms with van der Waals surface area (Å²) in [5, 5.41) is 4.94. The van der Waals surface area contributed by atoms with Crippen LogP contribution in [0.2, 0.25) is 0 Å². The molecule has 0 fully saturated rings. The molecule has 4 heteroatoms. The molecule has 0 radical (unpaired) electrons. The molecule has 1 aromatic heterocycles. The Bertz CT molecular complexity index is 916. The Morgan fingerprint density at radius 3 is 2.78 bits per heavy atom. The topological polar surface area (TPSA) is 46.3 Å². The van der Waals surface area contributed by atoms with E-state index in [1.165, 1.54) is 27.7 Å². The number of hydrogen-bond donors (Lipinski definition) is 2. The van der Waals surface area contributed by atoms with Gasteiger partial charge in [0, 0.05) is 23.1 Å². The number of nitrogens with one attached hydrogen (secondary N) is 2. The van der Waals surface area contributed by atoms with Gasteiger partial charge in [-0.3, -0.25) is 0 Å². The molecule has 4 nitrogen and oxygen atoms in total. The van der Waals surface area contributed by atoms with Crippen LogP contribution in [0.4, 0.5) is 0 Å². The predicted octanol–water partition coefficient (Wildman–Crippen LogP) is 4.98. The molecular weight excluding hydrogens is 336 g/mol. The van der Waals surface area contributed by atoms with Gasteiger partial charge in [-0.1, -0.05) is 25.5 Å². The van der Waals surface area contributed by atoms with E-state index in [9.17, 15) is 0 Å². The first kappa shape index (κ1) is 17.9. The molecule has 1 atom stereocenters. The van der Waals surface area contributed by atoms with E-state index in [0.29, 0.717) is 6.61 Å². The summed E-state index contributed by atoms with van der Waals surface area (Å²) < 4.78 is 11.6. The lowest BCUT2D eigenvalue weighted by Crippen LogP contribution is -2.30. The van der Waals surface area contributed by atoms with Crippen LogP contribution in [0.25, 0.3) is 10.9 Å². The third kappa shape index (κ3) is 3.67. The Labute approximate surface area is 160 Å². The monoisotopic (exact) mass is 364 g/mol. The molecule has 2 aromatic carbocycles. The maximum Gasteiger partial charge on any atom is 0.120 e. The maximum atomic E-state index is 5.91. The maximum absolute atomic E-state index is 5.91. The summed E-state index contributed by atoms with van der Waals surface area (Å²) >= 11 is 0. The van der Waals surface area contributed by atoms with Crippen molar-refractivity contribution in [1.29, 1.82) is 0 Å². The van der Waals surface area contributed by atoms with Crippen molar-refractivity contribution >= 4 is 10.9 Å². The first-order valence-corrected chi connectivity index (χ1v) is 10.0. The Hall–Kier alpha value is -2.46. The molecule has 0 aliphatic carbocycles. The number of fused-ring (bicyclic) bond motifs is 3. The molecule has 0 saturated heterocycles. The van der Waals surface area contributed by atoms with Crippen LogP contribution < -0.4 is 14.8 Å². The molecule has 27 heavy (non-hydrogen) atoms. The minimum atomic E-state index is 0.159. The fraction of sp³-hybridized carbons (Fsp3) is 0.391. The Balaban J connectivity index is 1.67. The van der Waals surface area contributed by atoms with Gasteiger partial charge in [0.05, 0.1) is 19.3 Å². The predicted molar refractivity (Wildman–Crippen MR) is 110 cm³/mol. The SMILES string of the molecule is CCCCOc1cccc(C2NCCc3c2[nH]c2ccc(OCC)cc32)c1.